The Morgan fingerprint density at radius 3 is 2.61 bits per heavy atom. The van der Waals surface area contributed by atoms with Crippen molar-refractivity contribution in [2.75, 3.05) is 19.6 Å². The van der Waals surface area contributed by atoms with E-state index in [2.05, 4.69) is 17.4 Å². The quantitative estimate of drug-likeness (QED) is 0.906. The van der Waals surface area contributed by atoms with Gasteiger partial charge in [0.15, 0.2) is 0 Å². The molecule has 4 rings (SSSR count). The van der Waals surface area contributed by atoms with Gasteiger partial charge in [0, 0.05) is 23.8 Å². The number of piperidine rings is 1. The van der Waals surface area contributed by atoms with E-state index in [0.29, 0.717) is 6.04 Å². The van der Waals surface area contributed by atoms with Crippen LogP contribution in [0.15, 0.2) is 30.3 Å². The SMILES string of the molecule is Cl.O=C(c1cc2ccccc2s1)N1CCC(NCC2CC2)CC1. The van der Waals surface area contributed by atoms with Gasteiger partial charge in [-0.2, -0.15) is 0 Å². The third-order valence-corrected chi connectivity index (χ3v) is 5.91. The van der Waals surface area contributed by atoms with E-state index in [-0.39, 0.29) is 18.3 Å². The van der Waals surface area contributed by atoms with E-state index in [4.69, 9.17) is 0 Å². The molecular formula is C18H23ClN2OS. The number of rotatable bonds is 4. The second-order valence-corrected chi connectivity index (χ2v) is 7.65. The lowest BCUT2D eigenvalue weighted by Gasteiger charge is -2.32. The van der Waals surface area contributed by atoms with Crippen LogP contribution in [-0.2, 0) is 0 Å². The summed E-state index contributed by atoms with van der Waals surface area (Å²) < 4.78 is 1.20. The summed E-state index contributed by atoms with van der Waals surface area (Å²) in [6.07, 6.45) is 4.97. The Hall–Kier alpha value is -1.10. The minimum atomic E-state index is 0. The lowest BCUT2D eigenvalue weighted by Crippen LogP contribution is -2.45. The highest BCUT2D eigenvalue weighted by molar-refractivity contribution is 7.20. The van der Waals surface area contributed by atoms with Gasteiger partial charge in [-0.15, -0.1) is 23.7 Å². The molecule has 0 radical (unpaired) electrons. The third-order valence-electron chi connectivity index (χ3n) is 4.81. The number of fused-ring (bicyclic) bond motifs is 1. The summed E-state index contributed by atoms with van der Waals surface area (Å²) >= 11 is 1.62. The van der Waals surface area contributed by atoms with Crippen LogP contribution in [0.25, 0.3) is 10.1 Å². The number of likely N-dealkylation sites (tertiary alicyclic amines) is 1. The van der Waals surface area contributed by atoms with Crippen LogP contribution in [0.4, 0.5) is 0 Å². The van der Waals surface area contributed by atoms with Crippen LogP contribution < -0.4 is 5.32 Å². The fraction of sp³-hybridized carbons (Fsp3) is 0.500. The Morgan fingerprint density at radius 2 is 1.91 bits per heavy atom. The summed E-state index contributed by atoms with van der Waals surface area (Å²) in [4.78, 5) is 15.6. The monoisotopic (exact) mass is 350 g/mol. The molecule has 2 fully saturated rings. The third kappa shape index (κ3) is 3.87. The topological polar surface area (TPSA) is 32.3 Å². The summed E-state index contributed by atoms with van der Waals surface area (Å²) in [7, 11) is 0. The van der Waals surface area contributed by atoms with E-state index in [1.807, 2.05) is 23.1 Å². The molecule has 0 spiro atoms. The Morgan fingerprint density at radius 1 is 1.17 bits per heavy atom. The molecule has 1 aromatic heterocycles. The molecule has 0 bridgehead atoms. The molecule has 0 atom stereocenters. The first-order chi connectivity index (χ1) is 10.8. The number of hydrogen-bond donors (Lipinski definition) is 1. The average Bonchev–Trinajstić information content (AvgIpc) is 3.29. The summed E-state index contributed by atoms with van der Waals surface area (Å²) in [5.74, 6) is 1.14. The maximum absolute atomic E-state index is 12.7. The minimum Gasteiger partial charge on any atom is -0.338 e. The van der Waals surface area contributed by atoms with Crippen molar-refractivity contribution in [3.63, 3.8) is 0 Å². The number of carbonyl (C=O) groups excluding carboxylic acids is 1. The molecule has 1 saturated carbocycles. The van der Waals surface area contributed by atoms with E-state index >= 15 is 0 Å². The lowest BCUT2D eigenvalue weighted by atomic mass is 10.0. The molecule has 124 valence electrons. The van der Waals surface area contributed by atoms with Crippen LogP contribution in [0.5, 0.6) is 0 Å². The van der Waals surface area contributed by atoms with E-state index < -0.39 is 0 Å². The van der Waals surface area contributed by atoms with Gasteiger partial charge in [0.25, 0.3) is 5.91 Å². The largest absolute Gasteiger partial charge is 0.338 e. The van der Waals surface area contributed by atoms with Crippen molar-refractivity contribution in [2.45, 2.75) is 31.7 Å². The molecule has 1 aromatic carbocycles. The first-order valence-corrected chi connectivity index (χ1v) is 9.12. The molecule has 2 heterocycles. The Kier molecular flexibility index (Phi) is 5.24. The number of carbonyl (C=O) groups is 1. The summed E-state index contributed by atoms with van der Waals surface area (Å²) in [6.45, 7) is 2.94. The van der Waals surface area contributed by atoms with E-state index in [1.54, 1.807) is 11.3 Å². The van der Waals surface area contributed by atoms with Gasteiger partial charge in [0.1, 0.15) is 0 Å². The van der Waals surface area contributed by atoms with Crippen molar-refractivity contribution in [3.8, 4) is 0 Å². The molecule has 1 aliphatic heterocycles. The molecule has 3 nitrogen and oxygen atoms in total. The van der Waals surface area contributed by atoms with Crippen LogP contribution in [0, 0.1) is 5.92 Å². The zero-order valence-electron chi connectivity index (χ0n) is 13.2. The van der Waals surface area contributed by atoms with Crippen molar-refractivity contribution in [1.29, 1.82) is 0 Å². The van der Waals surface area contributed by atoms with Gasteiger partial charge in [0.05, 0.1) is 4.88 Å². The van der Waals surface area contributed by atoms with Crippen molar-refractivity contribution < 1.29 is 4.79 Å². The van der Waals surface area contributed by atoms with Crippen LogP contribution in [0.2, 0.25) is 0 Å². The van der Waals surface area contributed by atoms with Crippen molar-refractivity contribution in [3.05, 3.63) is 35.2 Å². The molecule has 1 saturated heterocycles. The number of hydrogen-bond acceptors (Lipinski definition) is 3. The van der Waals surface area contributed by atoms with E-state index in [0.717, 1.165) is 36.7 Å². The Bertz CT molecular complexity index is 641. The minimum absolute atomic E-state index is 0. The maximum atomic E-state index is 12.7. The maximum Gasteiger partial charge on any atom is 0.263 e. The lowest BCUT2D eigenvalue weighted by molar-refractivity contribution is 0.0710. The van der Waals surface area contributed by atoms with Crippen LogP contribution in [0.3, 0.4) is 0 Å². The molecule has 1 aliphatic carbocycles. The van der Waals surface area contributed by atoms with Crippen LogP contribution >= 0.6 is 23.7 Å². The number of nitrogens with one attached hydrogen (secondary N) is 1. The Balaban J connectivity index is 0.00000156. The second kappa shape index (κ2) is 7.20. The normalized spacial score (nSPS) is 18.9. The van der Waals surface area contributed by atoms with Gasteiger partial charge in [-0.05, 0) is 55.7 Å². The highest BCUT2D eigenvalue weighted by Gasteiger charge is 2.26. The molecule has 5 heteroatoms. The van der Waals surface area contributed by atoms with Crippen molar-refractivity contribution >= 4 is 39.7 Å². The number of halogens is 1. The van der Waals surface area contributed by atoms with Gasteiger partial charge < -0.3 is 10.2 Å². The van der Waals surface area contributed by atoms with Gasteiger partial charge in [-0.1, -0.05) is 18.2 Å². The molecular weight excluding hydrogens is 328 g/mol. The number of benzene rings is 1. The fourth-order valence-corrected chi connectivity index (χ4v) is 4.22. The summed E-state index contributed by atoms with van der Waals surface area (Å²) in [5, 5.41) is 4.85. The molecule has 1 N–H and O–H groups in total. The van der Waals surface area contributed by atoms with Crippen molar-refractivity contribution in [2.24, 2.45) is 5.92 Å². The van der Waals surface area contributed by atoms with E-state index in [1.165, 1.54) is 29.5 Å². The smallest absolute Gasteiger partial charge is 0.263 e. The van der Waals surface area contributed by atoms with Gasteiger partial charge in [-0.25, -0.2) is 0 Å². The molecule has 2 aromatic rings. The zero-order valence-corrected chi connectivity index (χ0v) is 14.8. The second-order valence-electron chi connectivity index (χ2n) is 6.57. The van der Waals surface area contributed by atoms with Gasteiger partial charge in [0.2, 0.25) is 0 Å². The Labute approximate surface area is 147 Å². The zero-order chi connectivity index (χ0) is 14.9. The summed E-state index contributed by atoms with van der Waals surface area (Å²) in [5.41, 5.74) is 0. The van der Waals surface area contributed by atoms with Crippen LogP contribution in [0.1, 0.15) is 35.4 Å². The van der Waals surface area contributed by atoms with Gasteiger partial charge in [-0.3, -0.25) is 4.79 Å². The molecule has 2 aliphatic rings. The first-order valence-electron chi connectivity index (χ1n) is 8.31. The highest BCUT2D eigenvalue weighted by atomic mass is 35.5. The number of amides is 1. The highest BCUT2D eigenvalue weighted by Crippen LogP contribution is 2.29. The number of thiophene rings is 1. The predicted octanol–water partition coefficient (Wildman–Crippen LogP) is 3.93. The summed E-state index contributed by atoms with van der Waals surface area (Å²) in [6, 6.07) is 10.9. The fourth-order valence-electron chi connectivity index (χ4n) is 3.19. The average molecular weight is 351 g/mol. The van der Waals surface area contributed by atoms with Crippen LogP contribution in [-0.4, -0.2) is 36.5 Å². The molecule has 1 amide bonds. The molecule has 23 heavy (non-hydrogen) atoms. The first kappa shape index (κ1) is 16.7. The standard InChI is InChI=1S/C18H22N2OS.ClH/c21-18(17-11-14-3-1-2-4-16(14)22-17)20-9-7-15(8-10-20)19-12-13-5-6-13;/h1-4,11,13,15,19H,5-10,12H2;1H. The number of nitrogens with zero attached hydrogens (tertiary/aromatic N) is 1. The van der Waals surface area contributed by atoms with Gasteiger partial charge >= 0.3 is 0 Å². The van der Waals surface area contributed by atoms with E-state index in [9.17, 15) is 4.79 Å². The predicted molar refractivity (Wildman–Crippen MR) is 98.7 cm³/mol. The van der Waals surface area contributed by atoms with Crippen molar-refractivity contribution in [1.82, 2.24) is 10.2 Å². The molecule has 0 unspecified atom stereocenters.